The molecule has 0 bridgehead atoms. The van der Waals surface area contributed by atoms with Crippen LogP contribution in [0.2, 0.25) is 0 Å². The molecule has 1 aromatic heterocycles. The molecule has 2 N–H and O–H groups in total. The Balaban J connectivity index is 1.63. The van der Waals surface area contributed by atoms with Crippen LogP contribution < -0.4 is 5.56 Å². The van der Waals surface area contributed by atoms with E-state index in [1.54, 1.807) is 29.2 Å². The number of likely N-dealkylation sites (tertiary alicyclic amines) is 1. The van der Waals surface area contributed by atoms with Crippen LogP contribution in [0.15, 0.2) is 59.4 Å². The van der Waals surface area contributed by atoms with Gasteiger partial charge in [-0.05, 0) is 38.2 Å². The first-order chi connectivity index (χ1) is 13.9. The number of hydrogen-bond acceptors (Lipinski definition) is 5. The van der Waals surface area contributed by atoms with Gasteiger partial charge in [-0.15, -0.1) is 0 Å². The molecule has 7 nitrogen and oxygen atoms in total. The van der Waals surface area contributed by atoms with Gasteiger partial charge >= 0.3 is 0 Å². The van der Waals surface area contributed by atoms with Gasteiger partial charge in [0, 0.05) is 13.1 Å². The number of carbonyl (C=O) groups excluding carboxylic acids is 1. The zero-order chi connectivity index (χ0) is 20.6. The number of aromatic nitrogens is 2. The smallest absolute Gasteiger partial charge is 0.289 e. The van der Waals surface area contributed by atoms with E-state index in [2.05, 4.69) is 9.97 Å². The van der Waals surface area contributed by atoms with Crippen LogP contribution >= 0.6 is 0 Å². The number of amides is 1. The highest BCUT2D eigenvalue weighted by Gasteiger charge is 2.46. The molecule has 0 unspecified atom stereocenters. The number of aliphatic hydroxyl groups is 1. The maximum atomic E-state index is 13.0. The second kappa shape index (κ2) is 7.42. The third-order valence-electron chi connectivity index (χ3n) is 5.88. The average molecular weight is 392 g/mol. The van der Waals surface area contributed by atoms with Gasteiger partial charge in [0.2, 0.25) is 0 Å². The number of benzene rings is 2. The Morgan fingerprint density at radius 2 is 1.86 bits per heavy atom. The Morgan fingerprint density at radius 3 is 2.55 bits per heavy atom. The van der Waals surface area contributed by atoms with Gasteiger partial charge in [0.05, 0.1) is 22.5 Å². The van der Waals surface area contributed by atoms with E-state index in [1.807, 2.05) is 49.3 Å². The van der Waals surface area contributed by atoms with Crippen molar-refractivity contribution in [1.82, 2.24) is 19.8 Å². The molecular formula is C22H24N4O3. The van der Waals surface area contributed by atoms with E-state index in [0.29, 0.717) is 23.9 Å². The van der Waals surface area contributed by atoms with Gasteiger partial charge in [-0.3, -0.25) is 14.5 Å². The fraction of sp³-hybridized carbons (Fsp3) is 0.318. The highest BCUT2D eigenvalue weighted by molar-refractivity contribution is 5.92. The quantitative estimate of drug-likeness (QED) is 0.707. The number of H-pyrrole nitrogens is 1. The monoisotopic (exact) mass is 392 g/mol. The Hall–Kier alpha value is -3.03. The molecule has 1 fully saturated rings. The van der Waals surface area contributed by atoms with E-state index in [9.17, 15) is 14.7 Å². The first-order valence-electron chi connectivity index (χ1n) is 9.63. The second-order valence-electron chi connectivity index (χ2n) is 7.63. The predicted molar refractivity (Wildman–Crippen MR) is 111 cm³/mol. The SMILES string of the molecule is CN(C)[C@]1(c2ccccc2)CCN(C(=O)c2nc3ccccc3c(=O)[nH]2)C[C@H]1O. The number of likely N-dealkylation sites (N-methyl/N-ethyl adjacent to an activating group) is 1. The van der Waals surface area contributed by atoms with Gasteiger partial charge in [-0.1, -0.05) is 42.5 Å². The first-order valence-corrected chi connectivity index (χ1v) is 9.63. The molecule has 150 valence electrons. The van der Waals surface area contributed by atoms with Crippen LogP contribution in [0.4, 0.5) is 0 Å². The molecule has 1 amide bonds. The summed E-state index contributed by atoms with van der Waals surface area (Å²) in [5, 5.41) is 11.6. The zero-order valence-electron chi connectivity index (χ0n) is 16.5. The minimum absolute atomic E-state index is 0.00189. The van der Waals surface area contributed by atoms with Gasteiger partial charge in [0.1, 0.15) is 0 Å². The lowest BCUT2D eigenvalue weighted by atomic mass is 9.77. The van der Waals surface area contributed by atoms with E-state index in [4.69, 9.17) is 0 Å². The molecule has 0 spiro atoms. The highest BCUT2D eigenvalue weighted by Crippen LogP contribution is 2.37. The minimum Gasteiger partial charge on any atom is -0.389 e. The van der Waals surface area contributed by atoms with Crippen LogP contribution in [-0.2, 0) is 5.54 Å². The summed E-state index contributed by atoms with van der Waals surface area (Å²) in [6.45, 7) is 0.599. The molecule has 1 aliphatic heterocycles. The largest absolute Gasteiger partial charge is 0.389 e. The number of nitrogens with zero attached hydrogens (tertiary/aromatic N) is 3. The van der Waals surface area contributed by atoms with E-state index >= 15 is 0 Å². The summed E-state index contributed by atoms with van der Waals surface area (Å²) in [5.74, 6) is -0.384. The Labute approximate surface area is 168 Å². The molecule has 3 aromatic rings. The van der Waals surface area contributed by atoms with Crippen molar-refractivity contribution >= 4 is 16.8 Å². The van der Waals surface area contributed by atoms with Crippen LogP contribution in [0.1, 0.15) is 22.6 Å². The normalized spacial score (nSPS) is 22.2. The number of piperidine rings is 1. The molecule has 2 atom stereocenters. The number of aromatic amines is 1. The number of fused-ring (bicyclic) bond motifs is 1. The summed E-state index contributed by atoms with van der Waals surface area (Å²) in [5.41, 5.74) is 0.566. The van der Waals surface area contributed by atoms with Crippen molar-refractivity contribution in [2.45, 2.75) is 18.1 Å². The van der Waals surface area contributed by atoms with Crippen molar-refractivity contribution in [3.63, 3.8) is 0 Å². The third-order valence-corrected chi connectivity index (χ3v) is 5.88. The van der Waals surface area contributed by atoms with Crippen LogP contribution in [0.3, 0.4) is 0 Å². The van der Waals surface area contributed by atoms with E-state index < -0.39 is 11.6 Å². The minimum atomic E-state index is -0.787. The number of carbonyl (C=O) groups is 1. The molecule has 29 heavy (non-hydrogen) atoms. The molecular weight excluding hydrogens is 368 g/mol. The fourth-order valence-corrected chi connectivity index (χ4v) is 4.29. The van der Waals surface area contributed by atoms with Crippen molar-refractivity contribution in [2.75, 3.05) is 27.2 Å². The predicted octanol–water partition coefficient (Wildman–Crippen LogP) is 1.59. The van der Waals surface area contributed by atoms with Gasteiger partial charge in [-0.25, -0.2) is 4.98 Å². The van der Waals surface area contributed by atoms with Gasteiger partial charge in [0.25, 0.3) is 11.5 Å². The van der Waals surface area contributed by atoms with Crippen LogP contribution in [-0.4, -0.2) is 64.1 Å². The van der Waals surface area contributed by atoms with Crippen molar-refractivity contribution < 1.29 is 9.90 Å². The number of rotatable bonds is 3. The Bertz CT molecular complexity index is 1100. The lowest BCUT2D eigenvalue weighted by Gasteiger charge is -2.49. The molecule has 0 aliphatic carbocycles. The molecule has 2 aromatic carbocycles. The molecule has 4 rings (SSSR count). The Morgan fingerprint density at radius 1 is 1.17 bits per heavy atom. The van der Waals surface area contributed by atoms with E-state index in [-0.39, 0.29) is 23.8 Å². The molecule has 0 radical (unpaired) electrons. The van der Waals surface area contributed by atoms with Gasteiger partial charge < -0.3 is 15.0 Å². The highest BCUT2D eigenvalue weighted by atomic mass is 16.3. The summed E-state index contributed by atoms with van der Waals surface area (Å²) < 4.78 is 0. The van der Waals surface area contributed by atoms with Crippen LogP contribution in [0.5, 0.6) is 0 Å². The van der Waals surface area contributed by atoms with Crippen molar-refractivity contribution in [3.8, 4) is 0 Å². The van der Waals surface area contributed by atoms with Crippen molar-refractivity contribution in [1.29, 1.82) is 0 Å². The standard InChI is InChI=1S/C22H24N4O3/c1-25(2)22(15-8-4-3-5-9-15)12-13-26(14-18(22)27)21(29)19-23-17-11-7-6-10-16(17)20(28)24-19/h3-11,18,27H,12-14H2,1-2H3,(H,23,24,28)/t18-,22+/m1/s1. The fourth-order valence-electron chi connectivity index (χ4n) is 4.29. The maximum absolute atomic E-state index is 13.0. The molecule has 1 saturated heterocycles. The van der Waals surface area contributed by atoms with Crippen LogP contribution in [0.25, 0.3) is 10.9 Å². The van der Waals surface area contributed by atoms with E-state index in [0.717, 1.165) is 5.56 Å². The number of aliphatic hydroxyl groups excluding tert-OH is 1. The third kappa shape index (κ3) is 3.22. The first kappa shape index (κ1) is 19.3. The number of nitrogens with one attached hydrogen (secondary N) is 1. The lowest BCUT2D eigenvalue weighted by molar-refractivity contribution is -0.0614. The number of para-hydroxylation sites is 1. The number of hydrogen-bond donors (Lipinski definition) is 2. The lowest BCUT2D eigenvalue weighted by Crippen LogP contribution is -2.61. The summed E-state index contributed by atoms with van der Waals surface area (Å²) in [6.07, 6.45) is -0.223. The summed E-state index contributed by atoms with van der Waals surface area (Å²) >= 11 is 0. The zero-order valence-corrected chi connectivity index (χ0v) is 16.5. The van der Waals surface area contributed by atoms with Crippen LogP contribution in [0, 0.1) is 0 Å². The van der Waals surface area contributed by atoms with Gasteiger partial charge in [0.15, 0.2) is 5.82 Å². The topological polar surface area (TPSA) is 89.5 Å². The van der Waals surface area contributed by atoms with Crippen molar-refractivity contribution in [3.05, 3.63) is 76.3 Å². The molecule has 7 heteroatoms. The number of β-amino-alcohol motifs (C(OH)–C–C–N with tert-alkyl or cyclic N) is 1. The molecule has 1 aliphatic rings. The van der Waals surface area contributed by atoms with Crippen molar-refractivity contribution in [2.24, 2.45) is 0 Å². The summed E-state index contributed by atoms with van der Waals surface area (Å²) in [6, 6.07) is 16.8. The Kier molecular flexibility index (Phi) is 4.94. The van der Waals surface area contributed by atoms with Gasteiger partial charge in [-0.2, -0.15) is 0 Å². The average Bonchev–Trinajstić information content (AvgIpc) is 2.73. The summed E-state index contributed by atoms with van der Waals surface area (Å²) in [4.78, 5) is 35.8. The molecule has 0 saturated carbocycles. The maximum Gasteiger partial charge on any atom is 0.289 e. The second-order valence-corrected chi connectivity index (χ2v) is 7.63. The molecule has 2 heterocycles. The van der Waals surface area contributed by atoms with E-state index in [1.165, 1.54) is 0 Å². The summed E-state index contributed by atoms with van der Waals surface area (Å²) in [7, 11) is 3.88.